The third kappa shape index (κ3) is 4.13. The van der Waals surface area contributed by atoms with E-state index in [0.29, 0.717) is 12.3 Å². The molecule has 1 rings (SSSR count). The van der Waals surface area contributed by atoms with Gasteiger partial charge in [-0.15, -0.1) is 0 Å². The van der Waals surface area contributed by atoms with Crippen LogP contribution in [0.3, 0.4) is 0 Å². The van der Waals surface area contributed by atoms with Crippen LogP contribution >= 0.6 is 0 Å². The number of hydrogen-bond acceptors (Lipinski definition) is 3. The van der Waals surface area contributed by atoms with Gasteiger partial charge >= 0.3 is 0 Å². The topological polar surface area (TPSA) is 47.3 Å². The van der Waals surface area contributed by atoms with Gasteiger partial charge in [-0.1, -0.05) is 33.8 Å². The molecule has 18 heavy (non-hydrogen) atoms. The standard InChI is InChI=1S/C15H26N2O/c1-5-10-18-13-9-7-8-12(14(13)16)17-11-15(3,4)6-2/h7-9,17H,5-6,10-11,16H2,1-4H3. The molecule has 0 saturated carbocycles. The predicted molar refractivity (Wildman–Crippen MR) is 79.2 cm³/mol. The normalized spacial score (nSPS) is 11.3. The zero-order chi connectivity index (χ0) is 13.6. The molecule has 0 heterocycles. The molecule has 0 aliphatic heterocycles. The van der Waals surface area contributed by atoms with E-state index in [4.69, 9.17) is 10.5 Å². The van der Waals surface area contributed by atoms with E-state index in [9.17, 15) is 0 Å². The largest absolute Gasteiger partial charge is 0.491 e. The summed E-state index contributed by atoms with van der Waals surface area (Å²) in [5.74, 6) is 0.774. The first-order valence-electron chi connectivity index (χ1n) is 6.75. The maximum atomic E-state index is 6.11. The lowest BCUT2D eigenvalue weighted by molar-refractivity contribution is 0.319. The average Bonchev–Trinajstić information content (AvgIpc) is 2.36. The molecule has 0 fully saturated rings. The van der Waals surface area contributed by atoms with Gasteiger partial charge in [0.25, 0.3) is 0 Å². The summed E-state index contributed by atoms with van der Waals surface area (Å²) in [6, 6.07) is 5.89. The summed E-state index contributed by atoms with van der Waals surface area (Å²) >= 11 is 0. The van der Waals surface area contributed by atoms with E-state index in [1.165, 1.54) is 0 Å². The number of para-hydroxylation sites is 1. The number of nitrogens with one attached hydrogen (secondary N) is 1. The minimum absolute atomic E-state index is 0.271. The van der Waals surface area contributed by atoms with Gasteiger partial charge in [0.1, 0.15) is 5.75 Å². The number of ether oxygens (including phenoxy) is 1. The highest BCUT2D eigenvalue weighted by Gasteiger charge is 2.15. The first kappa shape index (κ1) is 14.7. The number of rotatable bonds is 7. The third-order valence-corrected chi connectivity index (χ3v) is 3.24. The molecule has 0 unspecified atom stereocenters. The van der Waals surface area contributed by atoms with Crippen LogP contribution in [0.5, 0.6) is 5.75 Å². The minimum atomic E-state index is 0.271. The first-order valence-corrected chi connectivity index (χ1v) is 6.75. The molecule has 3 heteroatoms. The highest BCUT2D eigenvalue weighted by molar-refractivity contribution is 5.72. The fourth-order valence-electron chi connectivity index (χ4n) is 1.50. The van der Waals surface area contributed by atoms with Crippen LogP contribution in [0, 0.1) is 5.41 Å². The van der Waals surface area contributed by atoms with E-state index >= 15 is 0 Å². The molecule has 1 aromatic carbocycles. The van der Waals surface area contributed by atoms with Gasteiger partial charge in [0.15, 0.2) is 0 Å². The molecule has 3 N–H and O–H groups in total. The molecule has 0 bridgehead atoms. The van der Waals surface area contributed by atoms with Gasteiger partial charge in [-0.2, -0.15) is 0 Å². The zero-order valence-corrected chi connectivity index (χ0v) is 12.0. The summed E-state index contributed by atoms with van der Waals surface area (Å²) in [7, 11) is 0. The van der Waals surface area contributed by atoms with Crippen molar-refractivity contribution < 1.29 is 4.74 Å². The van der Waals surface area contributed by atoms with E-state index < -0.39 is 0 Å². The van der Waals surface area contributed by atoms with Gasteiger partial charge in [-0.05, 0) is 30.4 Å². The summed E-state index contributed by atoms with van der Waals surface area (Å²) in [6.45, 7) is 10.4. The van der Waals surface area contributed by atoms with Crippen LogP contribution in [-0.4, -0.2) is 13.2 Å². The Labute approximate surface area is 111 Å². The Bertz CT molecular complexity index is 375. The van der Waals surface area contributed by atoms with Crippen molar-refractivity contribution >= 4 is 11.4 Å². The fourth-order valence-corrected chi connectivity index (χ4v) is 1.50. The Morgan fingerprint density at radius 1 is 1.28 bits per heavy atom. The van der Waals surface area contributed by atoms with Crippen LogP contribution < -0.4 is 15.8 Å². The smallest absolute Gasteiger partial charge is 0.144 e. The Kier molecular flexibility index (Phi) is 5.32. The van der Waals surface area contributed by atoms with Crippen molar-refractivity contribution in [3.63, 3.8) is 0 Å². The summed E-state index contributed by atoms with van der Waals surface area (Å²) in [5, 5.41) is 3.42. The van der Waals surface area contributed by atoms with Crippen molar-refractivity contribution in [3.8, 4) is 5.75 Å². The molecule has 1 aromatic rings. The van der Waals surface area contributed by atoms with Gasteiger partial charge in [-0.25, -0.2) is 0 Å². The second-order valence-electron chi connectivity index (χ2n) is 5.44. The van der Waals surface area contributed by atoms with Crippen molar-refractivity contribution in [2.75, 3.05) is 24.2 Å². The number of hydrogen-bond donors (Lipinski definition) is 2. The SMILES string of the molecule is CCCOc1cccc(NCC(C)(C)CC)c1N. The van der Waals surface area contributed by atoms with Gasteiger partial charge in [0.05, 0.1) is 18.0 Å². The van der Waals surface area contributed by atoms with E-state index in [-0.39, 0.29) is 5.41 Å². The third-order valence-electron chi connectivity index (χ3n) is 3.24. The molecular formula is C15H26N2O. The lowest BCUT2D eigenvalue weighted by Gasteiger charge is -2.24. The first-order chi connectivity index (χ1) is 8.50. The van der Waals surface area contributed by atoms with Crippen molar-refractivity contribution in [2.24, 2.45) is 5.41 Å². The molecule has 0 atom stereocenters. The Morgan fingerprint density at radius 2 is 2.00 bits per heavy atom. The van der Waals surface area contributed by atoms with Crippen LogP contribution in [0.25, 0.3) is 0 Å². The van der Waals surface area contributed by atoms with Crippen molar-refractivity contribution in [2.45, 2.75) is 40.5 Å². The van der Waals surface area contributed by atoms with Crippen LogP contribution in [0.15, 0.2) is 18.2 Å². The Balaban J connectivity index is 2.71. The Morgan fingerprint density at radius 3 is 2.61 bits per heavy atom. The van der Waals surface area contributed by atoms with Crippen molar-refractivity contribution in [1.29, 1.82) is 0 Å². The number of nitrogen functional groups attached to an aromatic ring is 1. The molecule has 0 aromatic heterocycles. The monoisotopic (exact) mass is 250 g/mol. The van der Waals surface area contributed by atoms with E-state index in [0.717, 1.165) is 30.8 Å². The van der Waals surface area contributed by atoms with Crippen molar-refractivity contribution in [1.82, 2.24) is 0 Å². The lowest BCUT2D eigenvalue weighted by atomic mass is 9.90. The summed E-state index contributed by atoms with van der Waals surface area (Å²) in [6.07, 6.45) is 2.12. The van der Waals surface area contributed by atoms with Gasteiger partial charge in [0.2, 0.25) is 0 Å². The number of anilines is 2. The van der Waals surface area contributed by atoms with Crippen LogP contribution in [0.1, 0.15) is 40.5 Å². The second-order valence-corrected chi connectivity index (χ2v) is 5.44. The minimum Gasteiger partial charge on any atom is -0.491 e. The Hall–Kier alpha value is -1.38. The average molecular weight is 250 g/mol. The fraction of sp³-hybridized carbons (Fsp3) is 0.600. The molecule has 0 spiro atoms. The molecule has 102 valence electrons. The summed E-state index contributed by atoms with van der Waals surface area (Å²) in [5.41, 5.74) is 8.05. The summed E-state index contributed by atoms with van der Waals surface area (Å²) in [4.78, 5) is 0. The molecule has 0 aliphatic carbocycles. The zero-order valence-electron chi connectivity index (χ0n) is 12.0. The molecule has 0 radical (unpaired) electrons. The van der Waals surface area contributed by atoms with Gasteiger partial charge < -0.3 is 15.8 Å². The maximum absolute atomic E-state index is 6.11. The van der Waals surface area contributed by atoms with Gasteiger partial charge in [-0.3, -0.25) is 0 Å². The molecule has 0 aliphatic rings. The molecule has 3 nitrogen and oxygen atoms in total. The van der Waals surface area contributed by atoms with Crippen molar-refractivity contribution in [3.05, 3.63) is 18.2 Å². The van der Waals surface area contributed by atoms with E-state index in [2.05, 4.69) is 33.0 Å². The van der Waals surface area contributed by atoms with E-state index in [1.54, 1.807) is 0 Å². The van der Waals surface area contributed by atoms with Crippen LogP contribution in [-0.2, 0) is 0 Å². The van der Waals surface area contributed by atoms with Crippen LogP contribution in [0.2, 0.25) is 0 Å². The molecular weight excluding hydrogens is 224 g/mol. The quantitative estimate of drug-likeness (QED) is 0.721. The lowest BCUT2D eigenvalue weighted by Crippen LogP contribution is -2.22. The highest BCUT2D eigenvalue weighted by atomic mass is 16.5. The molecule has 0 amide bonds. The maximum Gasteiger partial charge on any atom is 0.144 e. The summed E-state index contributed by atoms with van der Waals surface area (Å²) < 4.78 is 5.62. The highest BCUT2D eigenvalue weighted by Crippen LogP contribution is 2.30. The number of benzene rings is 1. The van der Waals surface area contributed by atoms with Gasteiger partial charge in [0, 0.05) is 6.54 Å². The number of nitrogens with two attached hydrogens (primary N) is 1. The predicted octanol–water partition coefficient (Wildman–Crippen LogP) is 3.91. The van der Waals surface area contributed by atoms with Crippen LogP contribution in [0.4, 0.5) is 11.4 Å². The molecule has 0 saturated heterocycles. The second kappa shape index (κ2) is 6.53. The van der Waals surface area contributed by atoms with E-state index in [1.807, 2.05) is 18.2 Å².